The predicted octanol–water partition coefficient (Wildman–Crippen LogP) is 4.77. The summed E-state index contributed by atoms with van der Waals surface area (Å²) >= 11 is 6.72. The van der Waals surface area contributed by atoms with E-state index < -0.39 is 52.8 Å². The van der Waals surface area contributed by atoms with E-state index in [1.54, 1.807) is 42.2 Å². The van der Waals surface area contributed by atoms with Crippen molar-refractivity contribution >= 4 is 50.9 Å². The van der Waals surface area contributed by atoms with Crippen LogP contribution in [0.3, 0.4) is 0 Å². The van der Waals surface area contributed by atoms with Crippen LogP contribution in [0.2, 0.25) is 5.02 Å². The first-order valence-corrected chi connectivity index (χ1v) is 15.4. The van der Waals surface area contributed by atoms with Crippen LogP contribution in [0.25, 0.3) is 27.4 Å². The first-order chi connectivity index (χ1) is 23.4. The van der Waals surface area contributed by atoms with Gasteiger partial charge < -0.3 is 16.2 Å². The molecule has 3 aromatic carbocycles. The molecule has 12 nitrogen and oxygen atoms in total. The number of aromatic nitrogens is 6. The average molecular weight is 693 g/mol. The number of carboxylic acids is 1. The van der Waals surface area contributed by atoms with E-state index >= 15 is 4.39 Å². The zero-order valence-electron chi connectivity index (χ0n) is 26.0. The van der Waals surface area contributed by atoms with Crippen LogP contribution >= 0.6 is 11.6 Å². The second kappa shape index (κ2) is 13.2. The normalized spacial score (nSPS) is 12.1. The van der Waals surface area contributed by atoms with Gasteiger partial charge in [0.1, 0.15) is 5.82 Å². The largest absolute Gasteiger partial charge is 0.481 e. The molecular weight excluding hydrogens is 665 g/mol. The van der Waals surface area contributed by atoms with Gasteiger partial charge in [-0.3, -0.25) is 19.0 Å². The number of anilines is 2. The average Bonchev–Trinajstić information content (AvgIpc) is 3.43. The van der Waals surface area contributed by atoms with Crippen LogP contribution in [-0.2, 0) is 24.8 Å². The molecule has 252 valence electrons. The maximum atomic E-state index is 15.0. The SMILES string of the molecule is CC(C(=O)O)c1cccc2cncc(-n3c(=O)nc(Nc4c(Cl)cc5nn(C)cc5c4CCCN)n(Cc4cc(F)c(F)cc4F)c3=O)c12. The number of rotatable bonds is 10. The van der Waals surface area contributed by atoms with Crippen molar-refractivity contribution in [2.45, 2.75) is 32.2 Å². The first kappa shape index (κ1) is 33.4. The van der Waals surface area contributed by atoms with Crippen molar-refractivity contribution in [3.8, 4) is 5.69 Å². The van der Waals surface area contributed by atoms with Gasteiger partial charge in [-0.15, -0.1) is 0 Å². The smallest absolute Gasteiger partial charge is 0.359 e. The molecule has 0 aliphatic rings. The van der Waals surface area contributed by atoms with Crippen molar-refractivity contribution in [3.63, 3.8) is 0 Å². The molecule has 3 heterocycles. The van der Waals surface area contributed by atoms with Crippen LogP contribution in [0.4, 0.5) is 24.8 Å². The second-order valence-electron chi connectivity index (χ2n) is 11.4. The third kappa shape index (κ3) is 6.13. The van der Waals surface area contributed by atoms with Gasteiger partial charge in [0, 0.05) is 47.2 Å². The molecule has 0 radical (unpaired) electrons. The van der Waals surface area contributed by atoms with Gasteiger partial charge in [0.05, 0.1) is 40.6 Å². The van der Waals surface area contributed by atoms with Crippen LogP contribution in [-0.4, -0.2) is 46.5 Å². The minimum absolute atomic E-state index is 0.0896. The Morgan fingerprint density at radius 3 is 2.59 bits per heavy atom. The molecule has 16 heteroatoms. The van der Waals surface area contributed by atoms with Crippen molar-refractivity contribution in [2.24, 2.45) is 12.8 Å². The number of nitrogens with one attached hydrogen (secondary N) is 1. The highest BCUT2D eigenvalue weighted by Crippen LogP contribution is 2.36. The molecule has 49 heavy (non-hydrogen) atoms. The number of benzene rings is 3. The van der Waals surface area contributed by atoms with E-state index in [1.807, 2.05) is 0 Å². The minimum atomic E-state index is -1.43. The summed E-state index contributed by atoms with van der Waals surface area (Å²) in [5.74, 6) is -6.54. The predicted molar refractivity (Wildman–Crippen MR) is 177 cm³/mol. The Bertz CT molecular complexity index is 2400. The summed E-state index contributed by atoms with van der Waals surface area (Å²) in [5, 5.41) is 18.7. The lowest BCUT2D eigenvalue weighted by atomic mass is 9.95. The Kier molecular flexibility index (Phi) is 8.96. The maximum Gasteiger partial charge on any atom is 0.359 e. The summed E-state index contributed by atoms with van der Waals surface area (Å²) in [5.41, 5.74) is 4.90. The molecular formula is C33H28ClF3N8O4. The van der Waals surface area contributed by atoms with Crippen molar-refractivity contribution in [1.82, 2.24) is 28.9 Å². The van der Waals surface area contributed by atoms with Crippen LogP contribution in [0.1, 0.15) is 36.0 Å². The zero-order chi connectivity index (χ0) is 35.1. The van der Waals surface area contributed by atoms with Crippen molar-refractivity contribution in [2.75, 3.05) is 11.9 Å². The monoisotopic (exact) mass is 692 g/mol. The number of pyridine rings is 1. The highest BCUT2D eigenvalue weighted by Gasteiger charge is 2.24. The van der Waals surface area contributed by atoms with Crippen LogP contribution in [0.5, 0.6) is 0 Å². The van der Waals surface area contributed by atoms with Gasteiger partial charge >= 0.3 is 17.3 Å². The van der Waals surface area contributed by atoms with Crippen molar-refractivity contribution < 1.29 is 23.1 Å². The molecule has 6 aromatic rings. The highest BCUT2D eigenvalue weighted by molar-refractivity contribution is 6.34. The van der Waals surface area contributed by atoms with E-state index in [2.05, 4.69) is 20.4 Å². The van der Waals surface area contributed by atoms with Crippen LogP contribution in [0, 0.1) is 17.5 Å². The molecule has 0 aliphatic carbocycles. The number of nitrogens with two attached hydrogens (primary N) is 1. The summed E-state index contributed by atoms with van der Waals surface area (Å²) in [6, 6.07) is 7.32. The van der Waals surface area contributed by atoms with Crippen molar-refractivity contribution in [3.05, 3.63) is 115 Å². The highest BCUT2D eigenvalue weighted by atomic mass is 35.5. The molecule has 0 amide bonds. The Morgan fingerprint density at radius 1 is 1.10 bits per heavy atom. The lowest BCUT2D eigenvalue weighted by molar-refractivity contribution is -0.138. The number of nitrogens with zero attached hydrogens (tertiary/aromatic N) is 6. The van der Waals surface area contributed by atoms with E-state index in [1.165, 1.54) is 19.3 Å². The van der Waals surface area contributed by atoms with Crippen molar-refractivity contribution in [1.29, 1.82) is 0 Å². The Hall–Kier alpha value is -5.54. The first-order valence-electron chi connectivity index (χ1n) is 15.0. The Morgan fingerprint density at radius 2 is 1.86 bits per heavy atom. The topological polar surface area (TPSA) is 163 Å². The van der Waals surface area contributed by atoms with Crippen LogP contribution in [0.15, 0.2) is 64.6 Å². The van der Waals surface area contributed by atoms with E-state index in [9.17, 15) is 28.3 Å². The maximum absolute atomic E-state index is 15.0. The van der Waals surface area contributed by atoms with Gasteiger partial charge in [0.15, 0.2) is 11.6 Å². The number of hydrogen-bond acceptors (Lipinski definition) is 8. The summed E-state index contributed by atoms with van der Waals surface area (Å²) in [6.45, 7) is 1.08. The second-order valence-corrected chi connectivity index (χ2v) is 11.8. The number of aryl methyl sites for hydroxylation is 2. The summed E-state index contributed by atoms with van der Waals surface area (Å²) in [4.78, 5) is 48.6. The minimum Gasteiger partial charge on any atom is -0.481 e. The van der Waals surface area contributed by atoms with Gasteiger partial charge in [-0.05, 0) is 49.6 Å². The molecule has 3 aromatic heterocycles. The molecule has 1 atom stereocenters. The molecule has 0 aliphatic heterocycles. The number of hydrogen-bond donors (Lipinski definition) is 3. The fourth-order valence-corrected chi connectivity index (χ4v) is 6.07. The number of aliphatic carboxylic acids is 1. The fraction of sp³-hybridized carbons (Fsp3) is 0.212. The van der Waals surface area contributed by atoms with E-state index in [4.69, 9.17) is 17.3 Å². The molecule has 0 fully saturated rings. The Balaban J connectivity index is 1.63. The number of fused-ring (bicyclic) bond motifs is 2. The van der Waals surface area contributed by atoms with Gasteiger partial charge in [0.2, 0.25) is 5.95 Å². The fourth-order valence-electron chi connectivity index (χ4n) is 5.80. The lowest BCUT2D eigenvalue weighted by Crippen LogP contribution is -2.42. The summed E-state index contributed by atoms with van der Waals surface area (Å²) in [6.07, 6.45) is 5.36. The number of carboxylic acid groups (broad SMARTS) is 1. The summed E-state index contributed by atoms with van der Waals surface area (Å²) < 4.78 is 46.4. The third-order valence-electron chi connectivity index (χ3n) is 8.22. The van der Waals surface area contributed by atoms with Gasteiger partial charge in [-0.2, -0.15) is 10.1 Å². The molecule has 0 saturated heterocycles. The quantitative estimate of drug-likeness (QED) is 0.172. The lowest BCUT2D eigenvalue weighted by Gasteiger charge is -2.20. The standard InChI is InChI=1S/C33H28ClF3N8O4/c1-16(30(46)47)19-6-3-5-17-12-39-13-27(28(17)19)45-32(48)41-31(44(33(45)49)14-18-9-24(36)25(37)11-23(18)35)40-29-20(7-4-8-38)21-15-43(2)42-26(21)10-22(29)34/h3,5-6,9-13,15-16H,4,7-8,14,38H2,1-2H3,(H,46,47)(H,40,41,48). The third-order valence-corrected chi connectivity index (χ3v) is 8.51. The molecule has 1 unspecified atom stereocenters. The van der Waals surface area contributed by atoms with E-state index in [0.29, 0.717) is 57.9 Å². The van der Waals surface area contributed by atoms with Crippen LogP contribution < -0.4 is 22.4 Å². The summed E-state index contributed by atoms with van der Waals surface area (Å²) in [7, 11) is 1.73. The van der Waals surface area contributed by atoms with E-state index in [-0.39, 0.29) is 33.3 Å². The molecule has 4 N–H and O–H groups in total. The molecule has 0 spiro atoms. The Labute approximate surface area is 280 Å². The molecule has 0 saturated carbocycles. The molecule has 0 bridgehead atoms. The van der Waals surface area contributed by atoms with E-state index in [0.717, 1.165) is 4.57 Å². The van der Waals surface area contributed by atoms with Gasteiger partial charge in [0.25, 0.3) is 0 Å². The zero-order valence-corrected chi connectivity index (χ0v) is 26.8. The van der Waals surface area contributed by atoms with Gasteiger partial charge in [-0.1, -0.05) is 29.8 Å². The molecule has 6 rings (SSSR count). The number of carbonyl (C=O) groups is 1. The number of halogens is 4. The van der Waals surface area contributed by atoms with Gasteiger partial charge in [-0.25, -0.2) is 27.3 Å².